The molecule has 3 heterocycles. The van der Waals surface area contributed by atoms with Crippen molar-refractivity contribution < 1.29 is 14.3 Å². The van der Waals surface area contributed by atoms with Crippen LogP contribution in [0.25, 0.3) is 0 Å². The van der Waals surface area contributed by atoms with Gasteiger partial charge in [-0.1, -0.05) is 20.8 Å². The molecule has 0 radical (unpaired) electrons. The molecule has 0 spiro atoms. The Kier molecular flexibility index (Phi) is 4.10. The van der Waals surface area contributed by atoms with Gasteiger partial charge in [-0.2, -0.15) is 0 Å². The maximum atomic E-state index is 12.3. The molecule has 0 fully saturated rings. The van der Waals surface area contributed by atoms with Crippen molar-refractivity contribution in [3.05, 3.63) is 26.3 Å². The fourth-order valence-electron chi connectivity index (χ4n) is 1.99. The van der Waals surface area contributed by atoms with Crippen molar-refractivity contribution in [1.29, 1.82) is 0 Å². The van der Waals surface area contributed by atoms with Crippen LogP contribution in [0.5, 0.6) is 11.5 Å². The van der Waals surface area contributed by atoms with Crippen molar-refractivity contribution in [1.82, 2.24) is 10.3 Å². The smallest absolute Gasteiger partial charge is 0.265 e. The topological polar surface area (TPSA) is 60.5 Å². The van der Waals surface area contributed by atoms with E-state index >= 15 is 0 Å². The van der Waals surface area contributed by atoms with Crippen molar-refractivity contribution >= 4 is 28.6 Å². The van der Waals surface area contributed by atoms with Crippen LogP contribution in [0.15, 0.2) is 10.8 Å². The summed E-state index contributed by atoms with van der Waals surface area (Å²) < 4.78 is 11.0. The molecule has 0 unspecified atom stereocenters. The fourth-order valence-corrected chi connectivity index (χ4v) is 3.80. The minimum Gasteiger partial charge on any atom is -0.485 e. The lowest BCUT2D eigenvalue weighted by Gasteiger charge is -2.15. The summed E-state index contributed by atoms with van der Waals surface area (Å²) >= 11 is 2.91. The molecule has 0 saturated heterocycles. The van der Waals surface area contributed by atoms with Crippen LogP contribution in [-0.4, -0.2) is 24.1 Å². The van der Waals surface area contributed by atoms with Gasteiger partial charge < -0.3 is 14.8 Å². The third kappa shape index (κ3) is 3.10. The summed E-state index contributed by atoms with van der Waals surface area (Å²) in [5, 5.41) is 7.66. The Bertz CT molecular complexity index is 685. The van der Waals surface area contributed by atoms with E-state index in [1.807, 2.05) is 10.8 Å². The molecule has 2 aromatic rings. The zero-order chi connectivity index (χ0) is 15.7. The number of fused-ring (bicyclic) bond motifs is 1. The minimum absolute atomic E-state index is 0.0246. The molecule has 7 heteroatoms. The average molecular weight is 338 g/mol. The highest BCUT2D eigenvalue weighted by Gasteiger charge is 2.23. The molecule has 2 aromatic heterocycles. The number of carbonyl (C=O) groups excluding carboxylic acids is 1. The van der Waals surface area contributed by atoms with Crippen molar-refractivity contribution in [2.75, 3.05) is 13.2 Å². The summed E-state index contributed by atoms with van der Waals surface area (Å²) in [5.74, 6) is 1.07. The first-order chi connectivity index (χ1) is 10.4. The molecular weight excluding hydrogens is 320 g/mol. The van der Waals surface area contributed by atoms with E-state index in [-0.39, 0.29) is 11.3 Å². The van der Waals surface area contributed by atoms with E-state index in [1.165, 1.54) is 11.3 Å². The first kappa shape index (κ1) is 15.3. The summed E-state index contributed by atoms with van der Waals surface area (Å²) in [6.45, 7) is 7.80. The van der Waals surface area contributed by atoms with Gasteiger partial charge in [0.15, 0.2) is 11.5 Å². The van der Waals surface area contributed by atoms with Crippen molar-refractivity contribution in [3.8, 4) is 11.5 Å². The number of ether oxygens (including phenoxy) is 2. The predicted octanol–water partition coefficient (Wildman–Crippen LogP) is 3.20. The van der Waals surface area contributed by atoms with Gasteiger partial charge in [0, 0.05) is 16.2 Å². The molecule has 1 N–H and O–H groups in total. The van der Waals surface area contributed by atoms with Gasteiger partial charge in [-0.3, -0.25) is 4.79 Å². The van der Waals surface area contributed by atoms with Gasteiger partial charge in [0.05, 0.1) is 12.2 Å². The number of aromatic nitrogens is 1. The molecule has 118 valence electrons. The zero-order valence-electron chi connectivity index (χ0n) is 12.8. The summed E-state index contributed by atoms with van der Waals surface area (Å²) in [6, 6.07) is 0. The average Bonchev–Trinajstić information content (AvgIpc) is 3.11. The summed E-state index contributed by atoms with van der Waals surface area (Å²) in [5.41, 5.74) is 1.07. The molecule has 0 aliphatic carbocycles. The minimum atomic E-state index is -0.149. The van der Waals surface area contributed by atoms with Crippen LogP contribution in [0.4, 0.5) is 0 Å². The molecule has 0 aromatic carbocycles. The van der Waals surface area contributed by atoms with Crippen molar-refractivity contribution in [3.63, 3.8) is 0 Å². The first-order valence-corrected chi connectivity index (χ1v) is 8.81. The van der Waals surface area contributed by atoms with Gasteiger partial charge in [-0.05, 0) is 0 Å². The number of hydrogen-bond donors (Lipinski definition) is 1. The SMILES string of the molecule is CC(C)(C)c1csc(CNC(=O)c2scc3c2OCCO3)n1. The monoisotopic (exact) mass is 338 g/mol. The number of thiophene rings is 1. The number of thiazole rings is 1. The Hall–Kier alpha value is -1.60. The molecule has 1 aliphatic rings. The second-order valence-corrected chi connectivity index (χ2v) is 7.84. The molecule has 1 amide bonds. The second kappa shape index (κ2) is 5.89. The lowest BCUT2D eigenvalue weighted by Crippen LogP contribution is -2.24. The second-order valence-electron chi connectivity index (χ2n) is 6.01. The molecule has 5 nitrogen and oxygen atoms in total. The summed E-state index contributed by atoms with van der Waals surface area (Å²) in [4.78, 5) is 17.4. The Morgan fingerprint density at radius 2 is 2.05 bits per heavy atom. The predicted molar refractivity (Wildman–Crippen MR) is 87.3 cm³/mol. The maximum absolute atomic E-state index is 12.3. The van der Waals surface area contributed by atoms with E-state index in [9.17, 15) is 4.79 Å². The van der Waals surface area contributed by atoms with E-state index in [4.69, 9.17) is 9.47 Å². The van der Waals surface area contributed by atoms with E-state index in [0.29, 0.717) is 36.1 Å². The lowest BCUT2D eigenvalue weighted by molar-refractivity contribution is 0.0945. The quantitative estimate of drug-likeness (QED) is 0.933. The molecule has 0 atom stereocenters. The standard InChI is InChI=1S/C15H18N2O3S2/c1-15(2,3)10-8-21-11(17-10)6-16-14(18)13-12-9(7-22-13)19-4-5-20-12/h7-8H,4-6H2,1-3H3,(H,16,18). The number of nitrogens with zero attached hydrogens (tertiary/aromatic N) is 1. The number of rotatable bonds is 3. The Labute approximate surface area is 137 Å². The van der Waals surface area contributed by atoms with Gasteiger partial charge >= 0.3 is 0 Å². The molecule has 0 saturated carbocycles. The normalized spacial score (nSPS) is 14.0. The van der Waals surface area contributed by atoms with Crippen LogP contribution < -0.4 is 14.8 Å². The van der Waals surface area contributed by atoms with Crippen LogP contribution in [0.1, 0.15) is 41.1 Å². The summed E-state index contributed by atoms with van der Waals surface area (Å²) in [7, 11) is 0. The largest absolute Gasteiger partial charge is 0.485 e. The van der Waals surface area contributed by atoms with Crippen LogP contribution in [0.3, 0.4) is 0 Å². The number of carbonyl (C=O) groups is 1. The van der Waals surface area contributed by atoms with E-state index < -0.39 is 0 Å². The fraction of sp³-hybridized carbons (Fsp3) is 0.467. The van der Waals surface area contributed by atoms with E-state index in [2.05, 4.69) is 31.1 Å². The molecular formula is C15H18N2O3S2. The van der Waals surface area contributed by atoms with Gasteiger partial charge in [0.2, 0.25) is 0 Å². The Morgan fingerprint density at radius 1 is 1.27 bits per heavy atom. The van der Waals surface area contributed by atoms with E-state index in [1.54, 1.807) is 11.3 Å². The van der Waals surface area contributed by atoms with Gasteiger partial charge in [0.1, 0.15) is 23.1 Å². The zero-order valence-corrected chi connectivity index (χ0v) is 14.4. The van der Waals surface area contributed by atoms with Gasteiger partial charge in [-0.15, -0.1) is 22.7 Å². The molecule has 22 heavy (non-hydrogen) atoms. The highest BCUT2D eigenvalue weighted by Crippen LogP contribution is 2.39. The molecule has 3 rings (SSSR count). The third-order valence-electron chi connectivity index (χ3n) is 3.23. The van der Waals surface area contributed by atoms with Crippen molar-refractivity contribution in [2.24, 2.45) is 0 Å². The Morgan fingerprint density at radius 3 is 2.77 bits per heavy atom. The Balaban J connectivity index is 1.65. The van der Waals surface area contributed by atoms with Crippen LogP contribution in [0.2, 0.25) is 0 Å². The lowest BCUT2D eigenvalue weighted by atomic mass is 9.93. The van der Waals surface area contributed by atoms with Crippen LogP contribution in [0, 0.1) is 0 Å². The number of nitrogens with one attached hydrogen (secondary N) is 1. The van der Waals surface area contributed by atoms with Crippen LogP contribution in [-0.2, 0) is 12.0 Å². The van der Waals surface area contributed by atoms with E-state index in [0.717, 1.165) is 10.7 Å². The van der Waals surface area contributed by atoms with Crippen LogP contribution >= 0.6 is 22.7 Å². The highest BCUT2D eigenvalue weighted by atomic mass is 32.1. The molecule has 1 aliphatic heterocycles. The van der Waals surface area contributed by atoms with Gasteiger partial charge in [-0.25, -0.2) is 4.98 Å². The number of hydrogen-bond acceptors (Lipinski definition) is 6. The number of amides is 1. The molecule has 0 bridgehead atoms. The third-order valence-corrected chi connectivity index (χ3v) is 5.01. The summed E-state index contributed by atoms with van der Waals surface area (Å²) in [6.07, 6.45) is 0. The first-order valence-electron chi connectivity index (χ1n) is 7.05. The highest BCUT2D eigenvalue weighted by molar-refractivity contribution is 7.12. The van der Waals surface area contributed by atoms with Crippen molar-refractivity contribution in [2.45, 2.75) is 32.7 Å². The maximum Gasteiger partial charge on any atom is 0.265 e. The van der Waals surface area contributed by atoms with Gasteiger partial charge in [0.25, 0.3) is 5.91 Å².